The highest BCUT2D eigenvalue weighted by molar-refractivity contribution is 5.98. The Balaban J connectivity index is 2.12. The highest BCUT2D eigenvalue weighted by Gasteiger charge is 2.11. The van der Waals surface area contributed by atoms with Gasteiger partial charge in [-0.1, -0.05) is 47.6 Å². The first kappa shape index (κ1) is 15.0. The molecule has 1 atom stereocenters. The molecule has 0 spiro atoms. The molecule has 0 aliphatic carbocycles. The number of nitrogens with two attached hydrogens (primary N) is 1. The molecule has 4 nitrogen and oxygen atoms in total. The summed E-state index contributed by atoms with van der Waals surface area (Å²) in [5.41, 5.74) is 7.80. The molecule has 0 fully saturated rings. The van der Waals surface area contributed by atoms with Crippen LogP contribution in [0.5, 0.6) is 0 Å². The van der Waals surface area contributed by atoms with Crippen LogP contribution in [0.2, 0.25) is 0 Å². The molecule has 4 N–H and O–H groups in total. The lowest BCUT2D eigenvalue weighted by atomic mass is 10.0. The van der Waals surface area contributed by atoms with Gasteiger partial charge in [-0.05, 0) is 18.6 Å². The molecule has 0 saturated carbocycles. The SMILES string of the molecule is CC(NCc1ccccc1C(N)=NO)c1ccccc1F. The Morgan fingerprint density at radius 3 is 2.62 bits per heavy atom. The zero-order valence-corrected chi connectivity index (χ0v) is 11.8. The number of amidine groups is 1. The van der Waals surface area contributed by atoms with Crippen LogP contribution in [0.1, 0.15) is 29.7 Å². The van der Waals surface area contributed by atoms with Crippen molar-refractivity contribution in [3.05, 3.63) is 71.0 Å². The summed E-state index contributed by atoms with van der Waals surface area (Å²) in [6.45, 7) is 2.38. The van der Waals surface area contributed by atoms with E-state index in [0.29, 0.717) is 17.7 Å². The van der Waals surface area contributed by atoms with Crippen molar-refractivity contribution in [1.82, 2.24) is 5.32 Å². The Morgan fingerprint density at radius 1 is 1.24 bits per heavy atom. The molecular formula is C16H18FN3O. The van der Waals surface area contributed by atoms with Crippen molar-refractivity contribution in [3.8, 4) is 0 Å². The summed E-state index contributed by atoms with van der Waals surface area (Å²) in [5, 5.41) is 15.1. The lowest BCUT2D eigenvalue weighted by Gasteiger charge is -2.16. The van der Waals surface area contributed by atoms with Crippen molar-refractivity contribution >= 4 is 5.84 Å². The molecule has 0 heterocycles. The number of benzene rings is 2. The minimum atomic E-state index is -0.234. The van der Waals surface area contributed by atoms with Crippen molar-refractivity contribution < 1.29 is 9.60 Å². The van der Waals surface area contributed by atoms with Crippen molar-refractivity contribution in [3.63, 3.8) is 0 Å². The van der Waals surface area contributed by atoms with Crippen LogP contribution in [-0.2, 0) is 6.54 Å². The van der Waals surface area contributed by atoms with E-state index in [0.717, 1.165) is 5.56 Å². The summed E-state index contributed by atoms with van der Waals surface area (Å²) in [5.74, 6) is -0.173. The number of nitrogens with one attached hydrogen (secondary N) is 1. The van der Waals surface area contributed by atoms with Gasteiger partial charge in [-0.3, -0.25) is 0 Å². The molecule has 0 aliphatic rings. The number of hydrogen-bond acceptors (Lipinski definition) is 3. The van der Waals surface area contributed by atoms with Crippen LogP contribution in [0.25, 0.3) is 0 Å². The smallest absolute Gasteiger partial charge is 0.170 e. The van der Waals surface area contributed by atoms with Gasteiger partial charge in [-0.25, -0.2) is 4.39 Å². The van der Waals surface area contributed by atoms with E-state index in [-0.39, 0.29) is 17.7 Å². The molecular weight excluding hydrogens is 269 g/mol. The molecule has 2 aromatic rings. The summed E-state index contributed by atoms with van der Waals surface area (Å²) in [4.78, 5) is 0. The Labute approximate surface area is 123 Å². The number of oxime groups is 1. The molecule has 0 saturated heterocycles. The molecule has 0 aromatic heterocycles. The highest BCUT2D eigenvalue weighted by atomic mass is 19.1. The first-order valence-corrected chi connectivity index (χ1v) is 6.67. The van der Waals surface area contributed by atoms with Crippen LogP contribution in [0, 0.1) is 5.82 Å². The third kappa shape index (κ3) is 3.58. The Hall–Kier alpha value is -2.40. The normalized spacial score (nSPS) is 13.1. The molecule has 21 heavy (non-hydrogen) atoms. The van der Waals surface area contributed by atoms with E-state index in [1.807, 2.05) is 25.1 Å². The van der Waals surface area contributed by atoms with Gasteiger partial charge in [0.15, 0.2) is 5.84 Å². The van der Waals surface area contributed by atoms with E-state index in [4.69, 9.17) is 10.9 Å². The van der Waals surface area contributed by atoms with E-state index in [1.165, 1.54) is 6.07 Å². The lowest BCUT2D eigenvalue weighted by Crippen LogP contribution is -2.22. The van der Waals surface area contributed by atoms with Gasteiger partial charge in [0.1, 0.15) is 5.82 Å². The first-order valence-electron chi connectivity index (χ1n) is 6.67. The maximum absolute atomic E-state index is 13.7. The Bertz CT molecular complexity index is 643. The van der Waals surface area contributed by atoms with Crippen LogP contribution < -0.4 is 11.1 Å². The Kier molecular flexibility index (Phi) is 4.90. The fourth-order valence-corrected chi connectivity index (χ4v) is 2.18. The summed E-state index contributed by atoms with van der Waals surface area (Å²) in [6, 6.07) is 13.9. The van der Waals surface area contributed by atoms with Crippen molar-refractivity contribution in [2.75, 3.05) is 0 Å². The third-order valence-corrected chi connectivity index (χ3v) is 3.37. The van der Waals surface area contributed by atoms with Crippen LogP contribution in [0.15, 0.2) is 53.7 Å². The van der Waals surface area contributed by atoms with Crippen molar-refractivity contribution in [1.29, 1.82) is 0 Å². The topological polar surface area (TPSA) is 70.6 Å². The fraction of sp³-hybridized carbons (Fsp3) is 0.188. The van der Waals surface area contributed by atoms with Gasteiger partial charge in [0.25, 0.3) is 0 Å². The monoisotopic (exact) mass is 287 g/mol. The number of halogens is 1. The van der Waals surface area contributed by atoms with Crippen LogP contribution in [-0.4, -0.2) is 11.0 Å². The molecule has 110 valence electrons. The molecule has 5 heteroatoms. The Morgan fingerprint density at radius 2 is 1.90 bits per heavy atom. The number of rotatable bonds is 5. The summed E-state index contributed by atoms with van der Waals surface area (Å²) in [7, 11) is 0. The third-order valence-electron chi connectivity index (χ3n) is 3.37. The summed E-state index contributed by atoms with van der Waals surface area (Å²) >= 11 is 0. The zero-order chi connectivity index (χ0) is 15.2. The van der Waals surface area contributed by atoms with Gasteiger partial charge in [0.2, 0.25) is 0 Å². The van der Waals surface area contributed by atoms with E-state index < -0.39 is 0 Å². The predicted molar refractivity (Wildman–Crippen MR) is 80.6 cm³/mol. The zero-order valence-electron chi connectivity index (χ0n) is 11.8. The van der Waals surface area contributed by atoms with Crippen LogP contribution in [0.4, 0.5) is 4.39 Å². The second kappa shape index (κ2) is 6.85. The van der Waals surface area contributed by atoms with E-state index in [1.54, 1.807) is 24.3 Å². The van der Waals surface area contributed by atoms with E-state index in [2.05, 4.69) is 10.5 Å². The summed E-state index contributed by atoms with van der Waals surface area (Å²) in [6.07, 6.45) is 0. The molecule has 0 aliphatic heterocycles. The summed E-state index contributed by atoms with van der Waals surface area (Å²) < 4.78 is 13.7. The quantitative estimate of drug-likeness (QED) is 0.343. The first-order chi connectivity index (χ1) is 10.1. The van der Waals surface area contributed by atoms with Crippen molar-refractivity contribution in [2.45, 2.75) is 19.5 Å². The van der Waals surface area contributed by atoms with Gasteiger partial charge in [-0.2, -0.15) is 0 Å². The fourth-order valence-electron chi connectivity index (χ4n) is 2.18. The van der Waals surface area contributed by atoms with Gasteiger partial charge in [0, 0.05) is 23.7 Å². The highest BCUT2D eigenvalue weighted by Crippen LogP contribution is 2.17. The standard InChI is InChI=1S/C16H18FN3O/c1-11(13-7-4-5-9-15(13)17)19-10-12-6-2-3-8-14(12)16(18)20-21/h2-9,11,19,21H,10H2,1H3,(H2,18,20). The number of hydrogen-bond donors (Lipinski definition) is 3. The molecule has 0 amide bonds. The molecule has 1 unspecified atom stereocenters. The molecule has 2 aromatic carbocycles. The minimum absolute atomic E-state index is 0.0611. The largest absolute Gasteiger partial charge is 0.409 e. The minimum Gasteiger partial charge on any atom is -0.409 e. The van der Waals surface area contributed by atoms with Crippen LogP contribution in [0.3, 0.4) is 0 Å². The molecule has 2 rings (SSSR count). The maximum atomic E-state index is 13.7. The van der Waals surface area contributed by atoms with Crippen LogP contribution >= 0.6 is 0 Å². The van der Waals surface area contributed by atoms with E-state index in [9.17, 15) is 4.39 Å². The predicted octanol–water partition coefficient (Wildman–Crippen LogP) is 2.77. The van der Waals surface area contributed by atoms with Gasteiger partial charge < -0.3 is 16.3 Å². The maximum Gasteiger partial charge on any atom is 0.170 e. The average Bonchev–Trinajstić information content (AvgIpc) is 2.52. The molecule has 0 radical (unpaired) electrons. The number of nitrogens with zero attached hydrogens (tertiary/aromatic N) is 1. The average molecular weight is 287 g/mol. The second-order valence-electron chi connectivity index (χ2n) is 4.77. The van der Waals surface area contributed by atoms with E-state index >= 15 is 0 Å². The lowest BCUT2D eigenvalue weighted by molar-refractivity contribution is 0.318. The van der Waals surface area contributed by atoms with Gasteiger partial charge in [0.05, 0.1) is 0 Å². The second-order valence-corrected chi connectivity index (χ2v) is 4.77. The van der Waals surface area contributed by atoms with Crippen molar-refractivity contribution in [2.24, 2.45) is 10.9 Å². The molecule has 0 bridgehead atoms. The van der Waals surface area contributed by atoms with Gasteiger partial charge in [-0.15, -0.1) is 0 Å². The van der Waals surface area contributed by atoms with Gasteiger partial charge >= 0.3 is 0 Å².